The van der Waals surface area contributed by atoms with Crippen molar-refractivity contribution in [2.75, 3.05) is 6.54 Å². The number of carbonyl (C=O) groups is 2. The molecule has 19 heavy (non-hydrogen) atoms. The fraction of sp³-hybridized carbons (Fsp3) is 0.385. The van der Waals surface area contributed by atoms with E-state index >= 15 is 0 Å². The van der Waals surface area contributed by atoms with Crippen LogP contribution in [0.3, 0.4) is 0 Å². The number of hydrogen-bond donors (Lipinski definition) is 2. The van der Waals surface area contributed by atoms with Crippen molar-refractivity contribution in [3.8, 4) is 0 Å². The van der Waals surface area contributed by atoms with E-state index in [2.05, 4.69) is 21.2 Å². The Morgan fingerprint density at radius 3 is 2.74 bits per heavy atom. The van der Waals surface area contributed by atoms with Crippen LogP contribution in [0.25, 0.3) is 0 Å². The van der Waals surface area contributed by atoms with Crippen molar-refractivity contribution in [1.29, 1.82) is 0 Å². The summed E-state index contributed by atoms with van der Waals surface area (Å²) in [6.07, 6.45) is 1.17. The van der Waals surface area contributed by atoms with Crippen LogP contribution in [-0.2, 0) is 4.79 Å². The van der Waals surface area contributed by atoms with Gasteiger partial charge in [-0.3, -0.25) is 9.59 Å². The van der Waals surface area contributed by atoms with Crippen LogP contribution in [0.2, 0.25) is 5.02 Å². The number of carboxylic acids is 1. The molecule has 0 bridgehead atoms. The molecule has 2 N–H and O–H groups in total. The van der Waals surface area contributed by atoms with E-state index in [1.165, 1.54) is 0 Å². The third-order valence-corrected chi connectivity index (χ3v) is 3.59. The fourth-order valence-electron chi connectivity index (χ4n) is 1.50. The standard InChI is InChI=1S/C13H15BrClNO3/c1-8(13(18)19)3-2-6-16-12(17)10-5-4-9(15)7-11(10)14/h4-5,7-8H,2-3,6H2,1H3,(H,16,17)(H,18,19). The maximum atomic E-state index is 11.9. The third kappa shape index (κ3) is 5.20. The van der Waals surface area contributed by atoms with Crippen LogP contribution >= 0.6 is 27.5 Å². The minimum Gasteiger partial charge on any atom is -0.481 e. The summed E-state index contributed by atoms with van der Waals surface area (Å²) >= 11 is 9.07. The van der Waals surface area contributed by atoms with E-state index in [1.54, 1.807) is 25.1 Å². The van der Waals surface area contributed by atoms with Gasteiger partial charge in [0.1, 0.15) is 0 Å². The van der Waals surface area contributed by atoms with Gasteiger partial charge >= 0.3 is 5.97 Å². The van der Waals surface area contributed by atoms with E-state index in [0.29, 0.717) is 34.4 Å². The SMILES string of the molecule is CC(CCCNC(=O)c1ccc(Cl)cc1Br)C(=O)O. The molecule has 0 radical (unpaired) electrons. The Bertz CT molecular complexity index is 479. The van der Waals surface area contributed by atoms with Crippen molar-refractivity contribution in [3.63, 3.8) is 0 Å². The number of carboxylic acid groups (broad SMARTS) is 1. The molecule has 0 spiro atoms. The zero-order chi connectivity index (χ0) is 14.4. The minimum atomic E-state index is -0.813. The van der Waals surface area contributed by atoms with Gasteiger partial charge in [-0.15, -0.1) is 0 Å². The van der Waals surface area contributed by atoms with E-state index in [1.807, 2.05) is 0 Å². The van der Waals surface area contributed by atoms with Crippen LogP contribution in [0.1, 0.15) is 30.1 Å². The van der Waals surface area contributed by atoms with Gasteiger partial charge in [0.25, 0.3) is 5.91 Å². The summed E-state index contributed by atoms with van der Waals surface area (Å²) in [4.78, 5) is 22.5. The van der Waals surface area contributed by atoms with Gasteiger partial charge in [-0.2, -0.15) is 0 Å². The zero-order valence-corrected chi connectivity index (χ0v) is 12.8. The van der Waals surface area contributed by atoms with E-state index in [9.17, 15) is 9.59 Å². The van der Waals surface area contributed by atoms with Gasteiger partial charge in [0.15, 0.2) is 0 Å². The van der Waals surface area contributed by atoms with Crippen LogP contribution in [0, 0.1) is 5.92 Å². The molecule has 1 aromatic carbocycles. The molecular formula is C13H15BrClNO3. The molecule has 0 aromatic heterocycles. The zero-order valence-electron chi connectivity index (χ0n) is 10.5. The third-order valence-electron chi connectivity index (χ3n) is 2.70. The molecule has 1 aromatic rings. The number of amides is 1. The fourth-order valence-corrected chi connectivity index (χ4v) is 2.37. The Hall–Kier alpha value is -1.07. The number of carbonyl (C=O) groups excluding carboxylic acids is 1. The number of aliphatic carboxylic acids is 1. The predicted octanol–water partition coefficient (Wildman–Crippen LogP) is 3.33. The number of hydrogen-bond acceptors (Lipinski definition) is 2. The van der Waals surface area contributed by atoms with Crippen LogP contribution in [0.15, 0.2) is 22.7 Å². The highest BCUT2D eigenvalue weighted by molar-refractivity contribution is 9.10. The van der Waals surface area contributed by atoms with Gasteiger partial charge in [-0.1, -0.05) is 18.5 Å². The highest BCUT2D eigenvalue weighted by atomic mass is 79.9. The minimum absolute atomic E-state index is 0.202. The van der Waals surface area contributed by atoms with E-state index < -0.39 is 5.97 Å². The smallest absolute Gasteiger partial charge is 0.306 e. The normalized spacial score (nSPS) is 11.9. The maximum Gasteiger partial charge on any atom is 0.306 e. The Labute approximate surface area is 125 Å². The van der Waals surface area contributed by atoms with E-state index in [0.717, 1.165) is 0 Å². The summed E-state index contributed by atoms with van der Waals surface area (Å²) in [5, 5.41) is 12.0. The monoisotopic (exact) mass is 347 g/mol. The van der Waals surface area contributed by atoms with Crippen LogP contribution in [-0.4, -0.2) is 23.5 Å². The lowest BCUT2D eigenvalue weighted by molar-refractivity contribution is -0.141. The average molecular weight is 349 g/mol. The molecule has 1 atom stereocenters. The Kier molecular flexibility index (Phi) is 6.31. The predicted molar refractivity (Wildman–Crippen MR) is 77.5 cm³/mol. The second-order valence-corrected chi connectivity index (χ2v) is 5.55. The molecule has 6 heteroatoms. The van der Waals surface area contributed by atoms with E-state index in [-0.39, 0.29) is 11.8 Å². The topological polar surface area (TPSA) is 66.4 Å². The summed E-state index contributed by atoms with van der Waals surface area (Å²) in [5.41, 5.74) is 0.510. The Morgan fingerprint density at radius 2 is 2.16 bits per heavy atom. The van der Waals surface area contributed by atoms with Crippen LogP contribution < -0.4 is 5.32 Å². The van der Waals surface area contributed by atoms with Gasteiger partial charge in [-0.05, 0) is 47.0 Å². The van der Waals surface area contributed by atoms with Crippen molar-refractivity contribution < 1.29 is 14.7 Å². The molecule has 1 amide bonds. The Morgan fingerprint density at radius 1 is 1.47 bits per heavy atom. The van der Waals surface area contributed by atoms with Crippen molar-refractivity contribution in [2.45, 2.75) is 19.8 Å². The molecule has 4 nitrogen and oxygen atoms in total. The summed E-state index contributed by atoms with van der Waals surface area (Å²) in [6, 6.07) is 4.94. The van der Waals surface area contributed by atoms with E-state index in [4.69, 9.17) is 16.7 Å². The summed E-state index contributed by atoms with van der Waals surface area (Å²) in [5.74, 6) is -1.41. The highest BCUT2D eigenvalue weighted by Gasteiger charge is 2.12. The second-order valence-electron chi connectivity index (χ2n) is 4.26. The van der Waals surface area contributed by atoms with Gasteiger partial charge in [0.05, 0.1) is 11.5 Å². The molecular weight excluding hydrogens is 334 g/mol. The van der Waals surface area contributed by atoms with Gasteiger partial charge in [0, 0.05) is 16.0 Å². The first-order valence-electron chi connectivity index (χ1n) is 5.88. The number of benzene rings is 1. The molecule has 0 aliphatic carbocycles. The largest absolute Gasteiger partial charge is 0.481 e. The molecule has 1 unspecified atom stereocenters. The molecule has 0 saturated carbocycles. The maximum absolute atomic E-state index is 11.9. The Balaban J connectivity index is 2.41. The number of rotatable bonds is 6. The quantitative estimate of drug-likeness (QED) is 0.775. The van der Waals surface area contributed by atoms with Gasteiger partial charge in [-0.25, -0.2) is 0 Å². The lowest BCUT2D eigenvalue weighted by Gasteiger charge is -2.08. The summed E-state index contributed by atoms with van der Waals surface area (Å²) in [7, 11) is 0. The van der Waals surface area contributed by atoms with Crippen LogP contribution in [0.4, 0.5) is 0 Å². The van der Waals surface area contributed by atoms with Gasteiger partial charge < -0.3 is 10.4 Å². The average Bonchev–Trinajstić information content (AvgIpc) is 2.33. The molecule has 0 saturated heterocycles. The van der Waals surface area contributed by atoms with Crippen molar-refractivity contribution in [3.05, 3.63) is 33.3 Å². The van der Waals surface area contributed by atoms with Crippen LogP contribution in [0.5, 0.6) is 0 Å². The lowest BCUT2D eigenvalue weighted by atomic mass is 10.1. The first-order chi connectivity index (χ1) is 8.91. The van der Waals surface area contributed by atoms with Crippen molar-refractivity contribution in [1.82, 2.24) is 5.32 Å². The van der Waals surface area contributed by atoms with Crippen molar-refractivity contribution in [2.24, 2.45) is 5.92 Å². The highest BCUT2D eigenvalue weighted by Crippen LogP contribution is 2.21. The molecule has 0 fully saturated rings. The first kappa shape index (κ1) is 16.0. The molecule has 0 aliphatic rings. The number of halogens is 2. The molecule has 0 aliphatic heterocycles. The van der Waals surface area contributed by atoms with Gasteiger partial charge in [0.2, 0.25) is 0 Å². The summed E-state index contributed by atoms with van der Waals surface area (Å²) < 4.78 is 0.636. The number of nitrogens with one attached hydrogen (secondary N) is 1. The lowest BCUT2D eigenvalue weighted by Crippen LogP contribution is -2.25. The first-order valence-corrected chi connectivity index (χ1v) is 7.05. The molecule has 0 heterocycles. The second kappa shape index (κ2) is 7.50. The summed E-state index contributed by atoms with van der Waals surface area (Å²) in [6.45, 7) is 2.10. The molecule has 1 rings (SSSR count). The van der Waals surface area contributed by atoms with Crippen molar-refractivity contribution >= 4 is 39.4 Å². The molecule has 104 valence electrons.